The molecule has 24 heavy (non-hydrogen) atoms. The number of carbonyl (C=O) groups is 1. The van der Waals surface area contributed by atoms with Crippen molar-refractivity contribution in [2.45, 2.75) is 6.54 Å². The number of hydrogen-bond donors (Lipinski definition) is 1. The van der Waals surface area contributed by atoms with E-state index >= 15 is 0 Å². The predicted octanol–water partition coefficient (Wildman–Crippen LogP) is 2.98. The van der Waals surface area contributed by atoms with E-state index in [1.54, 1.807) is 0 Å². The van der Waals surface area contributed by atoms with Crippen molar-refractivity contribution in [2.24, 2.45) is 0 Å². The lowest BCUT2D eigenvalue weighted by Crippen LogP contribution is -2.31. The van der Waals surface area contributed by atoms with E-state index in [4.69, 9.17) is 0 Å². The van der Waals surface area contributed by atoms with E-state index in [0.29, 0.717) is 12.1 Å². The van der Waals surface area contributed by atoms with Crippen LogP contribution in [0.2, 0.25) is 0 Å². The molecule has 0 radical (unpaired) electrons. The average Bonchev–Trinajstić information content (AvgIpc) is 2.98. The van der Waals surface area contributed by atoms with E-state index in [1.807, 2.05) is 49.3 Å². The molecule has 0 unspecified atom stereocenters. The van der Waals surface area contributed by atoms with Crippen molar-refractivity contribution in [2.75, 3.05) is 27.2 Å². The summed E-state index contributed by atoms with van der Waals surface area (Å²) in [6, 6.07) is 18.3. The number of rotatable bonds is 6. The molecule has 0 aliphatic heterocycles. The lowest BCUT2D eigenvalue weighted by atomic mass is 10.1. The van der Waals surface area contributed by atoms with E-state index in [0.717, 1.165) is 18.7 Å². The third-order valence-electron chi connectivity index (χ3n) is 4.07. The van der Waals surface area contributed by atoms with Crippen LogP contribution in [0.1, 0.15) is 15.9 Å². The molecule has 0 aliphatic rings. The first-order valence-electron chi connectivity index (χ1n) is 8.19. The van der Waals surface area contributed by atoms with Crippen molar-refractivity contribution in [3.8, 4) is 0 Å². The molecule has 1 aromatic heterocycles. The molecule has 0 fully saturated rings. The van der Waals surface area contributed by atoms with E-state index in [-0.39, 0.29) is 5.91 Å². The molecule has 0 spiro atoms. The normalized spacial score (nSPS) is 11.1. The monoisotopic (exact) mass is 321 g/mol. The third kappa shape index (κ3) is 3.84. The first-order valence-corrected chi connectivity index (χ1v) is 8.19. The first-order chi connectivity index (χ1) is 11.6. The van der Waals surface area contributed by atoms with E-state index in [1.165, 1.54) is 10.9 Å². The van der Waals surface area contributed by atoms with Gasteiger partial charge in [-0.3, -0.25) is 4.79 Å². The maximum atomic E-state index is 12.3. The number of para-hydroxylation sites is 1. The zero-order chi connectivity index (χ0) is 16.9. The van der Waals surface area contributed by atoms with Crippen LogP contribution < -0.4 is 5.32 Å². The fourth-order valence-electron chi connectivity index (χ4n) is 2.78. The van der Waals surface area contributed by atoms with Crippen LogP contribution >= 0.6 is 0 Å². The van der Waals surface area contributed by atoms with Gasteiger partial charge in [-0.25, -0.2) is 0 Å². The minimum atomic E-state index is -0.0175. The summed E-state index contributed by atoms with van der Waals surface area (Å²) in [5.41, 5.74) is 3.04. The molecule has 0 saturated carbocycles. The summed E-state index contributed by atoms with van der Waals surface area (Å²) in [7, 11) is 3.99. The molecule has 4 heteroatoms. The summed E-state index contributed by atoms with van der Waals surface area (Å²) in [6.07, 6.45) is 2.09. The zero-order valence-corrected chi connectivity index (χ0v) is 14.2. The Kier molecular flexibility index (Phi) is 4.96. The number of nitrogens with zero attached hydrogens (tertiary/aromatic N) is 2. The largest absolute Gasteiger partial charge is 0.351 e. The highest BCUT2D eigenvalue weighted by Crippen LogP contribution is 2.17. The van der Waals surface area contributed by atoms with Gasteiger partial charge in [-0.1, -0.05) is 30.3 Å². The van der Waals surface area contributed by atoms with E-state index in [9.17, 15) is 4.79 Å². The maximum Gasteiger partial charge on any atom is 0.251 e. The summed E-state index contributed by atoms with van der Waals surface area (Å²) in [5.74, 6) is -0.0175. The standard InChI is InChI=1S/C20H23N3O/c1-22(2)13-11-21-20(24)18-8-5-6-16(14-18)15-23-12-10-17-7-3-4-9-19(17)23/h3-10,12,14H,11,13,15H2,1-2H3,(H,21,24). The Labute approximate surface area is 142 Å². The molecule has 0 bridgehead atoms. The van der Waals surface area contributed by atoms with Gasteiger partial charge in [0.05, 0.1) is 0 Å². The summed E-state index contributed by atoms with van der Waals surface area (Å²) < 4.78 is 2.21. The van der Waals surface area contributed by atoms with Crippen molar-refractivity contribution in [3.05, 3.63) is 71.9 Å². The molecule has 4 nitrogen and oxygen atoms in total. The third-order valence-corrected chi connectivity index (χ3v) is 4.07. The van der Waals surface area contributed by atoms with E-state index in [2.05, 4.69) is 40.3 Å². The van der Waals surface area contributed by atoms with Crippen molar-refractivity contribution < 1.29 is 4.79 Å². The quantitative estimate of drug-likeness (QED) is 0.758. The van der Waals surface area contributed by atoms with Gasteiger partial charge in [0.2, 0.25) is 0 Å². The molecule has 124 valence electrons. The van der Waals surface area contributed by atoms with Crippen LogP contribution in [0.25, 0.3) is 10.9 Å². The van der Waals surface area contributed by atoms with Crippen LogP contribution in [0.4, 0.5) is 0 Å². The molecule has 3 aromatic rings. The van der Waals surface area contributed by atoms with Gasteiger partial charge >= 0.3 is 0 Å². The Morgan fingerprint density at radius 2 is 1.92 bits per heavy atom. The van der Waals surface area contributed by atoms with Gasteiger partial charge in [-0.15, -0.1) is 0 Å². The Bertz CT molecular complexity index is 836. The zero-order valence-electron chi connectivity index (χ0n) is 14.2. The van der Waals surface area contributed by atoms with Gasteiger partial charge in [0.15, 0.2) is 0 Å². The van der Waals surface area contributed by atoms with Crippen LogP contribution in [0, 0.1) is 0 Å². The van der Waals surface area contributed by atoms with Crippen LogP contribution in [-0.4, -0.2) is 42.6 Å². The van der Waals surface area contributed by atoms with Crippen LogP contribution in [0.15, 0.2) is 60.8 Å². The number of carbonyl (C=O) groups excluding carboxylic acids is 1. The van der Waals surface area contributed by atoms with Gasteiger partial charge in [-0.2, -0.15) is 0 Å². The van der Waals surface area contributed by atoms with Crippen LogP contribution in [-0.2, 0) is 6.54 Å². The molecule has 1 amide bonds. The molecular formula is C20H23N3O. The first kappa shape index (κ1) is 16.3. The lowest BCUT2D eigenvalue weighted by molar-refractivity contribution is 0.0951. The highest BCUT2D eigenvalue weighted by atomic mass is 16.1. The van der Waals surface area contributed by atoms with Crippen molar-refractivity contribution >= 4 is 16.8 Å². The van der Waals surface area contributed by atoms with Crippen molar-refractivity contribution in [1.29, 1.82) is 0 Å². The average molecular weight is 321 g/mol. The highest BCUT2D eigenvalue weighted by molar-refractivity contribution is 5.94. The number of fused-ring (bicyclic) bond motifs is 1. The topological polar surface area (TPSA) is 37.3 Å². The highest BCUT2D eigenvalue weighted by Gasteiger charge is 2.07. The van der Waals surface area contributed by atoms with Crippen molar-refractivity contribution in [3.63, 3.8) is 0 Å². The summed E-state index contributed by atoms with van der Waals surface area (Å²) in [6.45, 7) is 2.24. The number of likely N-dealkylation sites (N-methyl/N-ethyl adjacent to an activating group) is 1. The Morgan fingerprint density at radius 3 is 2.75 bits per heavy atom. The number of hydrogen-bond acceptors (Lipinski definition) is 2. The van der Waals surface area contributed by atoms with E-state index < -0.39 is 0 Å². The summed E-state index contributed by atoms with van der Waals surface area (Å²) in [5, 5.41) is 4.19. The molecule has 1 heterocycles. The number of amides is 1. The SMILES string of the molecule is CN(C)CCNC(=O)c1cccc(Cn2ccc3ccccc32)c1. The van der Waals surface area contributed by atoms with Gasteiger partial charge < -0.3 is 14.8 Å². The molecule has 0 saturated heterocycles. The molecule has 2 aromatic carbocycles. The Balaban J connectivity index is 1.72. The fourth-order valence-corrected chi connectivity index (χ4v) is 2.78. The second kappa shape index (κ2) is 7.32. The Hall–Kier alpha value is -2.59. The Morgan fingerprint density at radius 1 is 1.08 bits per heavy atom. The van der Waals surface area contributed by atoms with Crippen LogP contribution in [0.3, 0.4) is 0 Å². The maximum absolute atomic E-state index is 12.3. The molecular weight excluding hydrogens is 298 g/mol. The van der Waals surface area contributed by atoms with Gasteiger partial charge in [-0.05, 0) is 49.3 Å². The second-order valence-electron chi connectivity index (χ2n) is 6.26. The fraction of sp³-hybridized carbons (Fsp3) is 0.250. The second-order valence-corrected chi connectivity index (χ2v) is 6.26. The molecule has 3 rings (SSSR count). The number of aromatic nitrogens is 1. The molecule has 0 aliphatic carbocycles. The molecule has 1 N–H and O–H groups in total. The van der Waals surface area contributed by atoms with Crippen molar-refractivity contribution in [1.82, 2.24) is 14.8 Å². The minimum Gasteiger partial charge on any atom is -0.351 e. The molecule has 0 atom stereocenters. The van der Waals surface area contributed by atoms with Gasteiger partial charge in [0, 0.05) is 36.9 Å². The smallest absolute Gasteiger partial charge is 0.251 e. The summed E-state index contributed by atoms with van der Waals surface area (Å²) >= 11 is 0. The lowest BCUT2D eigenvalue weighted by Gasteiger charge is -2.11. The number of benzene rings is 2. The summed E-state index contributed by atoms with van der Waals surface area (Å²) in [4.78, 5) is 14.3. The predicted molar refractivity (Wildman–Crippen MR) is 98.4 cm³/mol. The van der Waals surface area contributed by atoms with Gasteiger partial charge in [0.25, 0.3) is 5.91 Å². The van der Waals surface area contributed by atoms with Crippen LogP contribution in [0.5, 0.6) is 0 Å². The number of nitrogens with one attached hydrogen (secondary N) is 1. The van der Waals surface area contributed by atoms with Gasteiger partial charge in [0.1, 0.15) is 0 Å². The minimum absolute atomic E-state index is 0.0175.